The molecule has 0 radical (unpaired) electrons. The minimum Gasteiger partial charge on any atom is -0.389 e. The molecule has 6 nitrogen and oxygen atoms in total. The molecule has 102 valence electrons. The quantitative estimate of drug-likeness (QED) is 0.663. The first-order valence-corrected chi connectivity index (χ1v) is 6.66. The summed E-state index contributed by atoms with van der Waals surface area (Å²) in [6, 6.07) is 3.16. The Bertz CT molecular complexity index is 476. The molecule has 1 aliphatic heterocycles. The summed E-state index contributed by atoms with van der Waals surface area (Å²) >= 11 is 0. The lowest BCUT2D eigenvalue weighted by Crippen LogP contribution is -2.45. The molecule has 1 N–H and O–H groups in total. The fraction of sp³-hybridized carbons (Fsp3) is 0.615. The van der Waals surface area contributed by atoms with Gasteiger partial charge >= 0.3 is 5.82 Å². The highest BCUT2D eigenvalue weighted by molar-refractivity contribution is 5.47. The maximum absolute atomic E-state index is 10.6. The predicted octanol–water partition coefficient (Wildman–Crippen LogP) is 1.73. The first-order chi connectivity index (χ1) is 9.08. The van der Waals surface area contributed by atoms with E-state index in [-0.39, 0.29) is 5.82 Å². The van der Waals surface area contributed by atoms with E-state index in [4.69, 9.17) is 0 Å². The van der Waals surface area contributed by atoms with Crippen LogP contribution in [0, 0.1) is 16.0 Å². The Morgan fingerprint density at radius 1 is 1.37 bits per heavy atom. The van der Waals surface area contributed by atoms with E-state index in [0.29, 0.717) is 5.92 Å². The summed E-state index contributed by atoms with van der Waals surface area (Å²) in [6.45, 7) is 1.57. The molecule has 1 saturated carbocycles. The number of aliphatic hydroxyl groups is 1. The van der Waals surface area contributed by atoms with Crippen molar-refractivity contribution in [2.45, 2.75) is 31.3 Å². The topological polar surface area (TPSA) is 79.5 Å². The number of piperidine rings is 1. The molecule has 19 heavy (non-hydrogen) atoms. The lowest BCUT2D eigenvalue weighted by Gasteiger charge is -2.39. The number of hydrogen-bond donors (Lipinski definition) is 1. The van der Waals surface area contributed by atoms with Crippen LogP contribution in [0.5, 0.6) is 0 Å². The minimum atomic E-state index is -0.494. The molecular formula is C13H17N3O3. The molecule has 1 aliphatic carbocycles. The highest BCUT2D eigenvalue weighted by Crippen LogP contribution is 2.45. The van der Waals surface area contributed by atoms with Crippen LogP contribution in [0.15, 0.2) is 18.3 Å². The molecule has 0 atom stereocenters. The van der Waals surface area contributed by atoms with E-state index >= 15 is 0 Å². The Balaban J connectivity index is 1.66. The normalized spacial score (nSPS) is 22.3. The van der Waals surface area contributed by atoms with Crippen LogP contribution >= 0.6 is 0 Å². The second-order valence-corrected chi connectivity index (χ2v) is 5.50. The summed E-state index contributed by atoms with van der Waals surface area (Å²) in [6.07, 6.45) is 5.38. The van der Waals surface area contributed by atoms with E-state index in [2.05, 4.69) is 9.88 Å². The van der Waals surface area contributed by atoms with Crippen molar-refractivity contribution in [3.05, 3.63) is 28.4 Å². The summed E-state index contributed by atoms with van der Waals surface area (Å²) in [4.78, 5) is 16.0. The van der Waals surface area contributed by atoms with Gasteiger partial charge in [-0.25, -0.2) is 0 Å². The van der Waals surface area contributed by atoms with Crippen LogP contribution in [0.2, 0.25) is 0 Å². The number of hydrogen-bond acceptors (Lipinski definition) is 5. The van der Waals surface area contributed by atoms with Gasteiger partial charge in [0, 0.05) is 19.2 Å². The maximum atomic E-state index is 10.6. The van der Waals surface area contributed by atoms with Gasteiger partial charge in [0.2, 0.25) is 0 Å². The van der Waals surface area contributed by atoms with E-state index in [9.17, 15) is 15.2 Å². The van der Waals surface area contributed by atoms with Gasteiger partial charge in [0.15, 0.2) is 6.20 Å². The van der Waals surface area contributed by atoms with Crippen molar-refractivity contribution >= 4 is 11.5 Å². The third-order valence-corrected chi connectivity index (χ3v) is 4.25. The maximum Gasteiger partial charge on any atom is 0.363 e. The van der Waals surface area contributed by atoms with Crippen molar-refractivity contribution < 1.29 is 10.0 Å². The fourth-order valence-corrected chi connectivity index (χ4v) is 2.85. The van der Waals surface area contributed by atoms with Crippen LogP contribution in [0.1, 0.15) is 25.7 Å². The van der Waals surface area contributed by atoms with E-state index in [1.54, 1.807) is 12.3 Å². The third-order valence-electron chi connectivity index (χ3n) is 4.25. The van der Waals surface area contributed by atoms with Gasteiger partial charge in [0.1, 0.15) is 0 Å². The van der Waals surface area contributed by atoms with Gasteiger partial charge in [-0.2, -0.15) is 0 Å². The smallest absolute Gasteiger partial charge is 0.363 e. The van der Waals surface area contributed by atoms with Crippen LogP contribution in [-0.2, 0) is 0 Å². The Kier molecular flexibility index (Phi) is 2.89. The Labute approximate surface area is 111 Å². The Hall–Kier alpha value is -1.69. The molecule has 1 aromatic heterocycles. The second kappa shape index (κ2) is 4.45. The molecule has 2 heterocycles. The molecule has 0 aromatic carbocycles. The summed E-state index contributed by atoms with van der Waals surface area (Å²) in [5.74, 6) is 0.361. The third kappa shape index (κ3) is 2.40. The number of nitro groups is 1. The molecule has 0 bridgehead atoms. The lowest BCUT2D eigenvalue weighted by atomic mass is 9.86. The predicted molar refractivity (Wildman–Crippen MR) is 70.0 cm³/mol. The van der Waals surface area contributed by atoms with E-state index in [1.165, 1.54) is 6.07 Å². The summed E-state index contributed by atoms with van der Waals surface area (Å²) in [5, 5.41) is 21.0. The van der Waals surface area contributed by atoms with Crippen LogP contribution in [0.25, 0.3) is 0 Å². The number of pyridine rings is 1. The first-order valence-electron chi connectivity index (χ1n) is 6.66. The molecule has 0 spiro atoms. The van der Waals surface area contributed by atoms with Crippen LogP contribution in [-0.4, -0.2) is 33.7 Å². The Morgan fingerprint density at radius 2 is 2.05 bits per heavy atom. The van der Waals surface area contributed by atoms with E-state index in [0.717, 1.165) is 44.5 Å². The summed E-state index contributed by atoms with van der Waals surface area (Å²) in [7, 11) is 0. The van der Waals surface area contributed by atoms with Gasteiger partial charge in [-0.05, 0) is 47.6 Å². The second-order valence-electron chi connectivity index (χ2n) is 5.50. The minimum absolute atomic E-state index is 0.129. The highest BCUT2D eigenvalue weighted by Gasteiger charge is 2.45. The molecule has 1 saturated heterocycles. The van der Waals surface area contributed by atoms with Gasteiger partial charge in [0.05, 0.1) is 11.3 Å². The molecule has 1 aromatic rings. The van der Waals surface area contributed by atoms with E-state index < -0.39 is 10.5 Å². The van der Waals surface area contributed by atoms with E-state index in [1.807, 2.05) is 0 Å². The largest absolute Gasteiger partial charge is 0.389 e. The average Bonchev–Trinajstić information content (AvgIpc) is 3.24. The van der Waals surface area contributed by atoms with Crippen LogP contribution in [0.4, 0.5) is 11.5 Å². The molecule has 6 heteroatoms. The standard InChI is InChI=1S/C13H17N3O3/c17-13(10-1-2-10)5-7-15(8-6-13)11-3-4-12(14-9-11)16(18)19/h3-4,9-10,17H,1-2,5-8H2. The summed E-state index contributed by atoms with van der Waals surface area (Å²) in [5.41, 5.74) is 0.411. The van der Waals surface area contributed by atoms with Gasteiger partial charge < -0.3 is 20.1 Å². The molecule has 2 aliphatic rings. The summed E-state index contributed by atoms with van der Waals surface area (Å²) < 4.78 is 0. The van der Waals surface area contributed by atoms with Crippen LogP contribution < -0.4 is 4.90 Å². The first kappa shape index (κ1) is 12.3. The molecule has 0 unspecified atom stereocenters. The fourth-order valence-electron chi connectivity index (χ4n) is 2.85. The van der Waals surface area contributed by atoms with Crippen molar-refractivity contribution in [3.8, 4) is 0 Å². The van der Waals surface area contributed by atoms with Gasteiger partial charge in [-0.15, -0.1) is 0 Å². The highest BCUT2D eigenvalue weighted by atomic mass is 16.6. The zero-order valence-corrected chi connectivity index (χ0v) is 10.7. The van der Waals surface area contributed by atoms with Crippen LogP contribution in [0.3, 0.4) is 0 Å². The van der Waals surface area contributed by atoms with Gasteiger partial charge in [0.25, 0.3) is 0 Å². The van der Waals surface area contributed by atoms with Crippen molar-refractivity contribution in [2.75, 3.05) is 18.0 Å². The van der Waals surface area contributed by atoms with Gasteiger partial charge in [-0.1, -0.05) is 0 Å². The average molecular weight is 263 g/mol. The monoisotopic (exact) mass is 263 g/mol. The number of rotatable bonds is 3. The molecule has 3 rings (SSSR count). The van der Waals surface area contributed by atoms with Crippen molar-refractivity contribution in [2.24, 2.45) is 5.92 Å². The number of aromatic nitrogens is 1. The zero-order valence-electron chi connectivity index (χ0n) is 10.7. The number of anilines is 1. The molecule has 2 fully saturated rings. The molecule has 0 amide bonds. The van der Waals surface area contributed by atoms with Crippen molar-refractivity contribution in [1.29, 1.82) is 0 Å². The number of nitrogens with zero attached hydrogens (tertiary/aromatic N) is 3. The SMILES string of the molecule is O=[N+]([O-])c1ccc(N2CCC(O)(C3CC3)CC2)cn1. The zero-order chi connectivity index (χ0) is 13.5. The van der Waals surface area contributed by atoms with Crippen molar-refractivity contribution in [1.82, 2.24) is 4.98 Å². The van der Waals surface area contributed by atoms with Gasteiger partial charge in [-0.3, -0.25) is 0 Å². The van der Waals surface area contributed by atoms with Crippen molar-refractivity contribution in [3.63, 3.8) is 0 Å². The molecular weight excluding hydrogens is 246 g/mol. The Morgan fingerprint density at radius 3 is 2.53 bits per heavy atom. The lowest BCUT2D eigenvalue weighted by molar-refractivity contribution is -0.389.